The molecule has 0 bridgehead atoms. The third-order valence-electron chi connectivity index (χ3n) is 3.92. The summed E-state index contributed by atoms with van der Waals surface area (Å²) in [5.74, 6) is 0. The number of hydrogen-bond donors (Lipinski definition) is 1. The zero-order chi connectivity index (χ0) is 18.6. The molecule has 2 aromatic rings. The minimum Gasteiger partial charge on any atom is -0.377 e. The van der Waals surface area contributed by atoms with Crippen LogP contribution in [-0.4, -0.2) is 28.7 Å². The van der Waals surface area contributed by atoms with Crippen molar-refractivity contribution in [3.63, 3.8) is 0 Å². The quantitative estimate of drug-likeness (QED) is 0.615. The number of rotatable bonds is 7. The summed E-state index contributed by atoms with van der Waals surface area (Å²) in [4.78, 5) is 22.7. The van der Waals surface area contributed by atoms with Crippen LogP contribution < -0.4 is 10.9 Å². The number of nitro groups is 1. The van der Waals surface area contributed by atoms with Crippen LogP contribution in [0.1, 0.15) is 19.4 Å². The maximum atomic E-state index is 11.8. The Labute approximate surface area is 146 Å². The van der Waals surface area contributed by atoms with Crippen LogP contribution in [0.2, 0.25) is 0 Å². The Morgan fingerprint density at radius 3 is 2.64 bits per heavy atom. The molecule has 25 heavy (non-hydrogen) atoms. The zero-order valence-electron chi connectivity index (χ0n) is 14.9. The number of nitrogens with one attached hydrogen (secondary N) is 1. The van der Waals surface area contributed by atoms with Gasteiger partial charge in [0.1, 0.15) is 5.69 Å². The van der Waals surface area contributed by atoms with Crippen LogP contribution in [-0.2, 0) is 11.8 Å². The van der Waals surface area contributed by atoms with Crippen molar-refractivity contribution in [2.75, 3.05) is 18.5 Å². The lowest BCUT2D eigenvalue weighted by molar-refractivity contribution is -0.383. The van der Waals surface area contributed by atoms with Gasteiger partial charge in [0, 0.05) is 38.0 Å². The number of aryl methyl sites for hydroxylation is 2. The number of nitro benzene ring substituents is 1. The number of anilines is 1. The molecular formula is C18H23N3O4. The van der Waals surface area contributed by atoms with Crippen molar-refractivity contribution >= 4 is 11.4 Å². The lowest BCUT2D eigenvalue weighted by Gasteiger charge is -2.15. The first kappa shape index (κ1) is 18.7. The highest BCUT2D eigenvalue weighted by Crippen LogP contribution is 2.30. The Hall–Kier alpha value is -2.67. The van der Waals surface area contributed by atoms with Crippen LogP contribution in [0.25, 0.3) is 11.1 Å². The molecule has 0 fully saturated rings. The van der Waals surface area contributed by atoms with Gasteiger partial charge < -0.3 is 14.6 Å². The van der Waals surface area contributed by atoms with E-state index in [1.807, 2.05) is 13.8 Å². The van der Waals surface area contributed by atoms with Gasteiger partial charge in [0.05, 0.1) is 11.0 Å². The number of aromatic nitrogens is 1. The third kappa shape index (κ3) is 4.45. The van der Waals surface area contributed by atoms with Gasteiger partial charge in [0.25, 0.3) is 11.2 Å². The average molecular weight is 345 g/mol. The average Bonchev–Trinajstić information content (AvgIpc) is 2.57. The molecule has 2 rings (SSSR count). The Kier molecular flexibility index (Phi) is 5.93. The van der Waals surface area contributed by atoms with Gasteiger partial charge in [0.15, 0.2) is 0 Å². The summed E-state index contributed by atoms with van der Waals surface area (Å²) in [7, 11) is 1.69. The summed E-state index contributed by atoms with van der Waals surface area (Å²) in [5.41, 5.74) is 2.63. The van der Waals surface area contributed by atoms with Crippen LogP contribution in [0.3, 0.4) is 0 Å². The monoisotopic (exact) mass is 345 g/mol. The van der Waals surface area contributed by atoms with E-state index < -0.39 is 4.92 Å². The minimum atomic E-state index is -0.413. The largest absolute Gasteiger partial charge is 0.377 e. The molecule has 0 unspecified atom stereocenters. The van der Waals surface area contributed by atoms with Gasteiger partial charge in [0.2, 0.25) is 0 Å². The third-order valence-corrected chi connectivity index (χ3v) is 3.92. The second-order valence-electron chi connectivity index (χ2n) is 5.96. The number of hydrogen-bond acceptors (Lipinski definition) is 5. The van der Waals surface area contributed by atoms with Crippen molar-refractivity contribution in [2.24, 2.45) is 7.05 Å². The molecule has 0 saturated carbocycles. The van der Waals surface area contributed by atoms with E-state index in [2.05, 4.69) is 5.32 Å². The van der Waals surface area contributed by atoms with Gasteiger partial charge in [-0.1, -0.05) is 0 Å². The summed E-state index contributed by atoms with van der Waals surface area (Å²) < 4.78 is 6.96. The Morgan fingerprint density at radius 1 is 1.32 bits per heavy atom. The van der Waals surface area contributed by atoms with E-state index in [4.69, 9.17) is 4.74 Å². The first-order chi connectivity index (χ1) is 11.8. The van der Waals surface area contributed by atoms with E-state index >= 15 is 0 Å². The Bertz CT molecular complexity index is 803. The molecule has 7 heteroatoms. The summed E-state index contributed by atoms with van der Waals surface area (Å²) in [5, 5.41) is 14.4. The molecule has 134 valence electrons. The summed E-state index contributed by atoms with van der Waals surface area (Å²) >= 11 is 0. The van der Waals surface area contributed by atoms with Crippen LogP contribution in [0.4, 0.5) is 11.4 Å². The predicted molar refractivity (Wildman–Crippen MR) is 98.1 cm³/mol. The molecule has 1 heterocycles. The smallest absolute Gasteiger partial charge is 0.292 e. The number of nitrogens with zero attached hydrogens (tertiary/aromatic N) is 2. The van der Waals surface area contributed by atoms with E-state index in [1.54, 1.807) is 38.4 Å². The Morgan fingerprint density at radius 2 is 2.04 bits per heavy atom. The van der Waals surface area contributed by atoms with Crippen molar-refractivity contribution in [1.29, 1.82) is 0 Å². The molecule has 0 aliphatic heterocycles. The molecule has 0 amide bonds. The van der Waals surface area contributed by atoms with E-state index in [0.717, 1.165) is 11.1 Å². The van der Waals surface area contributed by atoms with E-state index in [0.29, 0.717) is 24.4 Å². The molecule has 7 nitrogen and oxygen atoms in total. The van der Waals surface area contributed by atoms with Crippen LogP contribution in [0.15, 0.2) is 35.3 Å². The first-order valence-corrected chi connectivity index (χ1v) is 8.15. The fourth-order valence-corrected chi connectivity index (χ4v) is 2.65. The van der Waals surface area contributed by atoms with Crippen molar-refractivity contribution in [1.82, 2.24) is 4.57 Å². The fraction of sp³-hybridized carbons (Fsp3) is 0.389. The van der Waals surface area contributed by atoms with Gasteiger partial charge in [-0.15, -0.1) is 0 Å². The lowest BCUT2D eigenvalue weighted by atomic mass is 10.0. The molecule has 1 aromatic carbocycles. The molecule has 1 N–H and O–H groups in total. The topological polar surface area (TPSA) is 86.4 Å². The Balaban J connectivity index is 2.39. The van der Waals surface area contributed by atoms with Gasteiger partial charge in [-0.2, -0.15) is 0 Å². The van der Waals surface area contributed by atoms with Crippen LogP contribution >= 0.6 is 0 Å². The van der Waals surface area contributed by atoms with Crippen LogP contribution in [0, 0.1) is 17.0 Å². The fourth-order valence-electron chi connectivity index (χ4n) is 2.65. The second-order valence-corrected chi connectivity index (χ2v) is 5.96. The molecule has 1 aromatic heterocycles. The van der Waals surface area contributed by atoms with E-state index in [9.17, 15) is 14.9 Å². The molecule has 1 atom stereocenters. The highest BCUT2D eigenvalue weighted by molar-refractivity contribution is 5.74. The van der Waals surface area contributed by atoms with Gasteiger partial charge >= 0.3 is 0 Å². The maximum Gasteiger partial charge on any atom is 0.292 e. The van der Waals surface area contributed by atoms with Gasteiger partial charge in [-0.25, -0.2) is 0 Å². The zero-order valence-corrected chi connectivity index (χ0v) is 14.9. The SMILES string of the molecule is CCO[C@H](C)CNc1cc(-c2cc(C)c(=O)n(C)c2)ccc1[N+](=O)[O-]. The molecular weight excluding hydrogens is 322 g/mol. The lowest BCUT2D eigenvalue weighted by Crippen LogP contribution is -2.20. The molecule has 0 aliphatic carbocycles. The predicted octanol–water partition coefficient (Wildman–Crippen LogP) is 3.11. The number of benzene rings is 1. The van der Waals surface area contributed by atoms with E-state index in [-0.39, 0.29) is 17.4 Å². The van der Waals surface area contributed by atoms with E-state index in [1.165, 1.54) is 10.6 Å². The normalized spacial score (nSPS) is 12.0. The molecule has 0 spiro atoms. The minimum absolute atomic E-state index is 0.00832. The van der Waals surface area contributed by atoms with Crippen molar-refractivity contribution in [3.8, 4) is 11.1 Å². The summed E-state index contributed by atoms with van der Waals surface area (Å²) in [6, 6.07) is 6.68. The van der Waals surface area contributed by atoms with Crippen molar-refractivity contribution in [3.05, 3.63) is 56.5 Å². The molecule has 0 saturated heterocycles. The summed E-state index contributed by atoms with van der Waals surface area (Å²) in [6.07, 6.45) is 1.66. The second kappa shape index (κ2) is 7.94. The van der Waals surface area contributed by atoms with Gasteiger partial charge in [-0.3, -0.25) is 14.9 Å². The van der Waals surface area contributed by atoms with Gasteiger partial charge in [-0.05, 0) is 50.1 Å². The summed E-state index contributed by atoms with van der Waals surface area (Å²) in [6.45, 7) is 6.61. The standard InChI is InChI=1S/C18H23N3O4/c1-5-25-13(3)10-19-16-9-14(6-7-17(16)21(23)24)15-8-12(2)18(22)20(4)11-15/h6-9,11,13,19H,5,10H2,1-4H3/t13-/m1/s1. The van der Waals surface area contributed by atoms with Crippen LogP contribution in [0.5, 0.6) is 0 Å². The highest BCUT2D eigenvalue weighted by Gasteiger charge is 2.16. The number of ether oxygens (including phenoxy) is 1. The molecule has 0 aliphatic rings. The number of pyridine rings is 1. The first-order valence-electron chi connectivity index (χ1n) is 8.15. The van der Waals surface area contributed by atoms with Crippen molar-refractivity contribution in [2.45, 2.75) is 26.9 Å². The molecule has 0 radical (unpaired) electrons. The van der Waals surface area contributed by atoms with Crippen molar-refractivity contribution < 1.29 is 9.66 Å². The maximum absolute atomic E-state index is 11.8. The highest BCUT2D eigenvalue weighted by atomic mass is 16.6.